The molecule has 1 heterocycles. The van der Waals surface area contributed by atoms with Crippen LogP contribution < -0.4 is 15.6 Å². The standard InChI is InChI=1S/C13H18ClN3O4S/c1-2-21-13(18)11-7-12(17-16-11)22(19,20)15-8-9-4-3-5-10(14)6-9/h3-6,11-12,15-17H,2,7-8H2,1H3. The minimum atomic E-state index is -3.63. The second-order valence-electron chi connectivity index (χ2n) is 4.81. The summed E-state index contributed by atoms with van der Waals surface area (Å²) in [4.78, 5) is 11.6. The zero-order valence-corrected chi connectivity index (χ0v) is 13.6. The molecule has 0 spiro atoms. The van der Waals surface area contributed by atoms with Crippen LogP contribution in [0.2, 0.25) is 5.02 Å². The lowest BCUT2D eigenvalue weighted by Crippen LogP contribution is -2.43. The predicted molar refractivity (Wildman–Crippen MR) is 82.3 cm³/mol. The number of hydrogen-bond donors (Lipinski definition) is 3. The van der Waals surface area contributed by atoms with Crippen molar-refractivity contribution in [3.05, 3.63) is 34.9 Å². The quantitative estimate of drug-likeness (QED) is 0.649. The van der Waals surface area contributed by atoms with Gasteiger partial charge in [0, 0.05) is 18.0 Å². The van der Waals surface area contributed by atoms with E-state index in [2.05, 4.69) is 15.6 Å². The molecule has 0 saturated carbocycles. The smallest absolute Gasteiger partial charge is 0.324 e. The Morgan fingerprint density at radius 2 is 2.23 bits per heavy atom. The summed E-state index contributed by atoms with van der Waals surface area (Å²) >= 11 is 5.85. The van der Waals surface area contributed by atoms with E-state index >= 15 is 0 Å². The van der Waals surface area contributed by atoms with E-state index in [9.17, 15) is 13.2 Å². The Morgan fingerprint density at radius 1 is 1.45 bits per heavy atom. The number of carbonyl (C=O) groups is 1. The second kappa shape index (κ2) is 7.38. The third-order valence-electron chi connectivity index (χ3n) is 3.18. The van der Waals surface area contributed by atoms with Crippen molar-refractivity contribution in [3.63, 3.8) is 0 Å². The number of ether oxygens (including phenoxy) is 1. The summed E-state index contributed by atoms with van der Waals surface area (Å²) in [6.45, 7) is 2.08. The summed E-state index contributed by atoms with van der Waals surface area (Å²) in [7, 11) is -3.63. The summed E-state index contributed by atoms with van der Waals surface area (Å²) in [5.41, 5.74) is 6.00. The van der Waals surface area contributed by atoms with E-state index in [0.29, 0.717) is 5.02 Å². The van der Waals surface area contributed by atoms with Gasteiger partial charge >= 0.3 is 5.97 Å². The van der Waals surface area contributed by atoms with Gasteiger partial charge in [0.2, 0.25) is 10.0 Å². The molecule has 1 aromatic carbocycles. The van der Waals surface area contributed by atoms with Crippen LogP contribution in [-0.2, 0) is 26.1 Å². The molecule has 2 unspecified atom stereocenters. The van der Waals surface area contributed by atoms with Gasteiger partial charge in [0.1, 0.15) is 11.4 Å². The van der Waals surface area contributed by atoms with E-state index in [-0.39, 0.29) is 19.6 Å². The molecule has 7 nitrogen and oxygen atoms in total. The number of benzene rings is 1. The molecule has 1 aromatic rings. The maximum Gasteiger partial charge on any atom is 0.324 e. The Balaban J connectivity index is 1.92. The Bertz CT molecular complexity index is 638. The van der Waals surface area contributed by atoms with E-state index in [0.717, 1.165) is 5.56 Å². The summed E-state index contributed by atoms with van der Waals surface area (Å²) in [6.07, 6.45) is 0.101. The molecule has 0 radical (unpaired) electrons. The number of esters is 1. The Hall–Kier alpha value is -1.19. The Morgan fingerprint density at radius 3 is 2.91 bits per heavy atom. The van der Waals surface area contributed by atoms with E-state index in [1.807, 2.05) is 0 Å². The van der Waals surface area contributed by atoms with Crippen LogP contribution in [0.1, 0.15) is 18.9 Å². The van der Waals surface area contributed by atoms with Gasteiger partial charge in [-0.2, -0.15) is 0 Å². The number of nitrogens with one attached hydrogen (secondary N) is 3. The lowest BCUT2D eigenvalue weighted by molar-refractivity contribution is -0.145. The fraction of sp³-hybridized carbons (Fsp3) is 0.462. The summed E-state index contributed by atoms with van der Waals surface area (Å²) in [6, 6.07) is 6.25. The third kappa shape index (κ3) is 4.40. The summed E-state index contributed by atoms with van der Waals surface area (Å²) < 4.78 is 31.8. The molecule has 2 rings (SSSR count). The zero-order chi connectivity index (χ0) is 16.2. The van der Waals surface area contributed by atoms with Crippen molar-refractivity contribution >= 4 is 27.6 Å². The van der Waals surface area contributed by atoms with Gasteiger partial charge in [0.15, 0.2) is 0 Å². The predicted octanol–water partition coefficient (Wildman–Crippen LogP) is 0.515. The molecular weight excluding hydrogens is 330 g/mol. The highest BCUT2D eigenvalue weighted by Gasteiger charge is 2.37. The molecule has 0 amide bonds. The molecular formula is C13H18ClN3O4S. The molecule has 1 saturated heterocycles. The molecule has 1 aliphatic heterocycles. The maximum absolute atomic E-state index is 12.2. The van der Waals surface area contributed by atoms with Crippen molar-refractivity contribution in [2.75, 3.05) is 6.61 Å². The average Bonchev–Trinajstić information content (AvgIpc) is 2.96. The normalized spacial score (nSPS) is 21.7. The van der Waals surface area contributed by atoms with Crippen LogP contribution in [0.25, 0.3) is 0 Å². The van der Waals surface area contributed by atoms with Crippen LogP contribution in [-0.4, -0.2) is 32.4 Å². The molecule has 22 heavy (non-hydrogen) atoms. The highest BCUT2D eigenvalue weighted by Crippen LogP contribution is 2.14. The van der Waals surface area contributed by atoms with Crippen LogP contribution in [0.4, 0.5) is 0 Å². The minimum Gasteiger partial charge on any atom is -0.465 e. The van der Waals surface area contributed by atoms with Crippen molar-refractivity contribution in [2.24, 2.45) is 0 Å². The van der Waals surface area contributed by atoms with Crippen LogP contribution in [0.15, 0.2) is 24.3 Å². The van der Waals surface area contributed by atoms with Crippen LogP contribution >= 0.6 is 11.6 Å². The van der Waals surface area contributed by atoms with Gasteiger partial charge in [-0.05, 0) is 24.6 Å². The monoisotopic (exact) mass is 347 g/mol. The first-order valence-electron chi connectivity index (χ1n) is 6.83. The van der Waals surface area contributed by atoms with Gasteiger partial charge in [-0.25, -0.2) is 24.0 Å². The van der Waals surface area contributed by atoms with Crippen molar-refractivity contribution in [3.8, 4) is 0 Å². The van der Waals surface area contributed by atoms with Crippen molar-refractivity contribution < 1.29 is 17.9 Å². The van der Waals surface area contributed by atoms with E-state index in [1.54, 1.807) is 31.2 Å². The van der Waals surface area contributed by atoms with E-state index < -0.39 is 27.4 Å². The third-order valence-corrected chi connectivity index (χ3v) is 5.02. The topological polar surface area (TPSA) is 96.5 Å². The Labute approximate surface area is 134 Å². The van der Waals surface area contributed by atoms with E-state index in [4.69, 9.17) is 16.3 Å². The average molecular weight is 348 g/mol. The fourth-order valence-corrected chi connectivity index (χ4v) is 3.51. The molecule has 0 bridgehead atoms. The first-order chi connectivity index (χ1) is 10.4. The number of rotatable bonds is 6. The van der Waals surface area contributed by atoms with Gasteiger partial charge in [0.05, 0.1) is 6.61 Å². The van der Waals surface area contributed by atoms with E-state index in [1.165, 1.54) is 0 Å². The Kier molecular flexibility index (Phi) is 5.76. The number of carbonyl (C=O) groups excluding carboxylic acids is 1. The summed E-state index contributed by atoms with van der Waals surface area (Å²) in [5, 5.41) is -0.360. The molecule has 2 atom stereocenters. The van der Waals surface area contributed by atoms with Crippen LogP contribution in [0.3, 0.4) is 0 Å². The molecule has 9 heteroatoms. The van der Waals surface area contributed by atoms with Gasteiger partial charge in [-0.15, -0.1) is 0 Å². The van der Waals surface area contributed by atoms with Gasteiger partial charge in [-0.3, -0.25) is 4.79 Å². The van der Waals surface area contributed by atoms with Crippen LogP contribution in [0, 0.1) is 0 Å². The number of hydrazine groups is 1. The highest BCUT2D eigenvalue weighted by atomic mass is 35.5. The maximum atomic E-state index is 12.2. The number of halogens is 1. The van der Waals surface area contributed by atoms with Crippen LogP contribution in [0.5, 0.6) is 0 Å². The lowest BCUT2D eigenvalue weighted by Gasteiger charge is -2.12. The fourth-order valence-electron chi connectivity index (χ4n) is 2.06. The van der Waals surface area contributed by atoms with Crippen molar-refractivity contribution in [1.29, 1.82) is 0 Å². The lowest BCUT2D eigenvalue weighted by atomic mass is 10.2. The molecule has 1 aliphatic rings. The van der Waals surface area contributed by atoms with Gasteiger partial charge < -0.3 is 4.74 Å². The van der Waals surface area contributed by atoms with Crippen molar-refractivity contribution in [1.82, 2.24) is 15.6 Å². The van der Waals surface area contributed by atoms with Gasteiger partial charge in [0.25, 0.3) is 0 Å². The molecule has 1 fully saturated rings. The molecule has 122 valence electrons. The molecule has 0 aromatic heterocycles. The minimum absolute atomic E-state index is 0.101. The zero-order valence-electron chi connectivity index (χ0n) is 12.0. The summed E-state index contributed by atoms with van der Waals surface area (Å²) in [5.74, 6) is -0.470. The number of hydrogen-bond acceptors (Lipinski definition) is 6. The van der Waals surface area contributed by atoms with Crippen molar-refractivity contribution in [2.45, 2.75) is 31.3 Å². The second-order valence-corrected chi connectivity index (χ2v) is 7.20. The first kappa shape index (κ1) is 17.2. The SMILES string of the molecule is CCOC(=O)C1CC(S(=O)(=O)NCc2cccc(Cl)c2)NN1. The van der Waals surface area contributed by atoms with Gasteiger partial charge in [-0.1, -0.05) is 23.7 Å². The first-order valence-corrected chi connectivity index (χ1v) is 8.75. The largest absolute Gasteiger partial charge is 0.465 e. The highest BCUT2D eigenvalue weighted by molar-refractivity contribution is 7.90. The molecule has 3 N–H and O–H groups in total. The number of sulfonamides is 1. The molecule has 0 aliphatic carbocycles.